The highest BCUT2D eigenvalue weighted by Crippen LogP contribution is 2.41. The van der Waals surface area contributed by atoms with Crippen molar-refractivity contribution >= 4 is 23.1 Å². The number of carbonyl (C=O) groups excluding carboxylic acids is 2. The van der Waals surface area contributed by atoms with Gasteiger partial charge in [-0.2, -0.15) is 0 Å². The number of ether oxygens (including phenoxy) is 2. The molecule has 1 aromatic carbocycles. The highest BCUT2D eigenvalue weighted by Gasteiger charge is 2.46. The molecule has 4 rings (SSSR count). The molecule has 8 heteroatoms. The summed E-state index contributed by atoms with van der Waals surface area (Å²) in [6.07, 6.45) is 3.91. The van der Waals surface area contributed by atoms with Crippen LogP contribution in [0.2, 0.25) is 0 Å². The van der Waals surface area contributed by atoms with Gasteiger partial charge in [0.25, 0.3) is 11.7 Å². The molecule has 1 fully saturated rings. The molecule has 1 amide bonds. The van der Waals surface area contributed by atoms with E-state index in [0.717, 1.165) is 18.0 Å². The van der Waals surface area contributed by atoms with E-state index < -0.39 is 17.7 Å². The van der Waals surface area contributed by atoms with Gasteiger partial charge in [-0.25, -0.2) is 0 Å². The van der Waals surface area contributed by atoms with Crippen LogP contribution in [0.1, 0.15) is 37.4 Å². The van der Waals surface area contributed by atoms with Crippen LogP contribution in [-0.2, 0) is 14.3 Å². The molecule has 0 aliphatic carbocycles. The number of carbonyl (C=O) groups is 2. The number of nitrogens with zero attached hydrogens (tertiary/aromatic N) is 3. The zero-order chi connectivity index (χ0) is 23.5. The third-order valence-corrected chi connectivity index (χ3v) is 5.86. The lowest BCUT2D eigenvalue weighted by Gasteiger charge is -2.28. The number of aliphatic hydroxyl groups is 1. The molecular formula is C25H29N3O5. The van der Waals surface area contributed by atoms with Crippen molar-refractivity contribution < 1.29 is 24.2 Å². The monoisotopic (exact) mass is 451 g/mol. The molecule has 1 saturated heterocycles. The zero-order valence-corrected chi connectivity index (χ0v) is 19.2. The Kier molecular flexibility index (Phi) is 6.65. The smallest absolute Gasteiger partial charge is 0.295 e. The van der Waals surface area contributed by atoms with Gasteiger partial charge in [-0.15, -0.1) is 0 Å². The lowest BCUT2D eigenvalue weighted by atomic mass is 9.96. The Bertz CT molecular complexity index is 1070. The van der Waals surface area contributed by atoms with E-state index in [4.69, 9.17) is 9.47 Å². The van der Waals surface area contributed by atoms with Gasteiger partial charge in [0.2, 0.25) is 0 Å². The second-order valence-corrected chi connectivity index (χ2v) is 8.50. The Hall–Kier alpha value is -3.39. The van der Waals surface area contributed by atoms with Crippen molar-refractivity contribution in [1.29, 1.82) is 0 Å². The molecule has 33 heavy (non-hydrogen) atoms. The van der Waals surface area contributed by atoms with E-state index in [1.54, 1.807) is 36.7 Å². The highest BCUT2D eigenvalue weighted by atomic mass is 16.5. The number of anilines is 1. The van der Waals surface area contributed by atoms with Gasteiger partial charge < -0.3 is 24.4 Å². The number of aromatic nitrogens is 1. The number of benzene rings is 1. The third-order valence-electron chi connectivity index (χ3n) is 5.86. The van der Waals surface area contributed by atoms with Crippen molar-refractivity contribution in [3.63, 3.8) is 0 Å². The fourth-order valence-corrected chi connectivity index (χ4v) is 4.20. The molecule has 1 N–H and O–H groups in total. The summed E-state index contributed by atoms with van der Waals surface area (Å²) >= 11 is 0. The van der Waals surface area contributed by atoms with Crippen molar-refractivity contribution in [2.75, 3.05) is 38.3 Å². The Balaban J connectivity index is 1.73. The first kappa shape index (κ1) is 22.8. The molecule has 0 spiro atoms. The number of ketones is 1. The molecular weight excluding hydrogens is 422 g/mol. The van der Waals surface area contributed by atoms with E-state index in [1.165, 1.54) is 4.90 Å². The van der Waals surface area contributed by atoms with Crippen LogP contribution in [0.25, 0.3) is 5.76 Å². The number of fused-ring (bicyclic) bond motifs is 1. The Labute approximate surface area is 193 Å². The van der Waals surface area contributed by atoms with E-state index in [0.29, 0.717) is 37.3 Å². The Morgan fingerprint density at radius 1 is 1.30 bits per heavy atom. The molecule has 2 aromatic rings. The fraction of sp³-hybridized carbons (Fsp3) is 0.400. The van der Waals surface area contributed by atoms with E-state index in [2.05, 4.69) is 4.98 Å². The van der Waals surface area contributed by atoms with Crippen LogP contribution in [0.5, 0.6) is 5.75 Å². The largest absolute Gasteiger partial charge is 0.507 e. The molecule has 3 heterocycles. The van der Waals surface area contributed by atoms with Gasteiger partial charge in [-0.05, 0) is 50.1 Å². The molecule has 1 atom stereocenters. The maximum atomic E-state index is 13.1. The van der Waals surface area contributed by atoms with Gasteiger partial charge >= 0.3 is 0 Å². The number of pyridine rings is 1. The SMILES string of the molecule is CC(C)OCCCN1C(=O)C(=O)/C(=C(\O)c2ccc3c(c2)N(C)CCO3)C1c1cccnc1. The van der Waals surface area contributed by atoms with Crippen molar-refractivity contribution in [1.82, 2.24) is 9.88 Å². The minimum atomic E-state index is -0.720. The average molecular weight is 452 g/mol. The summed E-state index contributed by atoms with van der Waals surface area (Å²) in [5.41, 5.74) is 2.02. The van der Waals surface area contributed by atoms with Crippen LogP contribution in [0.4, 0.5) is 5.69 Å². The van der Waals surface area contributed by atoms with E-state index in [9.17, 15) is 14.7 Å². The molecule has 0 bridgehead atoms. The molecule has 1 aromatic heterocycles. The number of Topliss-reactive ketones (excluding diaryl/α,β-unsaturated/α-hetero) is 1. The number of hydrogen-bond donors (Lipinski definition) is 1. The summed E-state index contributed by atoms with van der Waals surface area (Å²) in [6.45, 7) is 6.00. The maximum absolute atomic E-state index is 13.1. The van der Waals surface area contributed by atoms with Crippen LogP contribution >= 0.6 is 0 Å². The Morgan fingerprint density at radius 3 is 2.85 bits per heavy atom. The van der Waals surface area contributed by atoms with Crippen molar-refractivity contribution in [3.8, 4) is 5.75 Å². The lowest BCUT2D eigenvalue weighted by Crippen LogP contribution is -2.31. The molecule has 8 nitrogen and oxygen atoms in total. The summed E-state index contributed by atoms with van der Waals surface area (Å²) in [4.78, 5) is 33.8. The van der Waals surface area contributed by atoms with Crippen LogP contribution in [0.3, 0.4) is 0 Å². The summed E-state index contributed by atoms with van der Waals surface area (Å²) in [5.74, 6) is -0.818. The van der Waals surface area contributed by atoms with Gasteiger partial charge in [-0.1, -0.05) is 6.07 Å². The van der Waals surface area contributed by atoms with E-state index in [1.807, 2.05) is 31.9 Å². The first-order chi connectivity index (χ1) is 15.9. The molecule has 174 valence electrons. The van der Waals surface area contributed by atoms with E-state index >= 15 is 0 Å². The van der Waals surface area contributed by atoms with Crippen LogP contribution in [-0.4, -0.2) is 66.1 Å². The topological polar surface area (TPSA) is 92.2 Å². The van der Waals surface area contributed by atoms with Gasteiger partial charge in [0.1, 0.15) is 18.1 Å². The first-order valence-electron chi connectivity index (χ1n) is 11.2. The minimum absolute atomic E-state index is 0.0668. The lowest BCUT2D eigenvalue weighted by molar-refractivity contribution is -0.140. The highest BCUT2D eigenvalue weighted by molar-refractivity contribution is 6.46. The normalized spacial score (nSPS) is 19.7. The zero-order valence-electron chi connectivity index (χ0n) is 19.2. The second kappa shape index (κ2) is 9.62. The number of likely N-dealkylation sites (tertiary alicyclic amines) is 1. The number of aliphatic hydroxyl groups excluding tert-OH is 1. The van der Waals surface area contributed by atoms with E-state index in [-0.39, 0.29) is 17.4 Å². The molecule has 0 saturated carbocycles. The Morgan fingerprint density at radius 2 is 2.12 bits per heavy atom. The third kappa shape index (κ3) is 4.57. The van der Waals surface area contributed by atoms with Crippen molar-refractivity contribution in [3.05, 3.63) is 59.4 Å². The molecule has 0 radical (unpaired) electrons. The molecule has 2 aliphatic rings. The van der Waals surface area contributed by atoms with Gasteiger partial charge in [0, 0.05) is 38.2 Å². The number of rotatable bonds is 7. The van der Waals surface area contributed by atoms with Crippen LogP contribution in [0, 0.1) is 0 Å². The van der Waals surface area contributed by atoms with Crippen LogP contribution < -0.4 is 9.64 Å². The first-order valence-corrected chi connectivity index (χ1v) is 11.2. The van der Waals surface area contributed by atoms with Gasteiger partial charge in [0.05, 0.1) is 30.0 Å². The number of amides is 1. The number of hydrogen-bond acceptors (Lipinski definition) is 7. The number of likely N-dealkylation sites (N-methyl/N-ethyl adjacent to an activating group) is 1. The fourth-order valence-electron chi connectivity index (χ4n) is 4.20. The summed E-state index contributed by atoms with van der Waals surface area (Å²) in [6, 6.07) is 8.11. The maximum Gasteiger partial charge on any atom is 0.295 e. The van der Waals surface area contributed by atoms with Crippen LogP contribution in [0.15, 0.2) is 48.3 Å². The quantitative estimate of drug-likeness (QED) is 0.299. The molecule has 1 unspecified atom stereocenters. The predicted octanol–water partition coefficient (Wildman–Crippen LogP) is 3.15. The summed E-state index contributed by atoms with van der Waals surface area (Å²) in [7, 11) is 1.94. The van der Waals surface area contributed by atoms with Crippen molar-refractivity contribution in [2.45, 2.75) is 32.4 Å². The second-order valence-electron chi connectivity index (χ2n) is 8.50. The van der Waals surface area contributed by atoms with Crippen molar-refractivity contribution in [2.24, 2.45) is 0 Å². The summed E-state index contributed by atoms with van der Waals surface area (Å²) < 4.78 is 11.3. The standard InChI is InChI=1S/C25H29N3O5/c1-16(2)32-12-5-10-28-22(18-6-4-9-26-15-18)21(24(30)25(28)31)23(29)17-7-8-20-19(14-17)27(3)11-13-33-20/h4,6-9,14-16,22,29H,5,10-13H2,1-3H3/b23-21-. The van der Waals surface area contributed by atoms with Gasteiger partial charge in [-0.3, -0.25) is 14.6 Å². The predicted molar refractivity (Wildman–Crippen MR) is 124 cm³/mol. The molecule has 2 aliphatic heterocycles. The van der Waals surface area contributed by atoms with Gasteiger partial charge in [0.15, 0.2) is 0 Å². The minimum Gasteiger partial charge on any atom is -0.507 e. The summed E-state index contributed by atoms with van der Waals surface area (Å²) in [5, 5.41) is 11.3. The average Bonchev–Trinajstić information content (AvgIpc) is 3.07.